The van der Waals surface area contributed by atoms with Crippen molar-refractivity contribution in [2.24, 2.45) is 0 Å². The molecule has 0 heterocycles. The molecule has 0 radical (unpaired) electrons. The molecule has 76 valence electrons. The Hall–Kier alpha value is -0.270. The summed E-state index contributed by atoms with van der Waals surface area (Å²) in [5, 5.41) is 10.4. The van der Waals surface area contributed by atoms with E-state index in [9.17, 15) is 18.9 Å². The molecule has 0 aliphatic rings. The summed E-state index contributed by atoms with van der Waals surface area (Å²) in [6.45, 7) is 1.79. The molecule has 1 unspecified atom stereocenters. The third-order valence-electron chi connectivity index (χ3n) is 1.82. The van der Waals surface area contributed by atoms with Crippen molar-refractivity contribution >= 4 is 16.8 Å². The number of hydrogen-bond donors (Lipinski definition) is 0. The Labute approximate surface area is 112 Å². The predicted molar refractivity (Wildman–Crippen MR) is 49.7 cm³/mol. The summed E-state index contributed by atoms with van der Waals surface area (Å²) in [7, 11) is 0. The predicted octanol–water partition coefficient (Wildman–Crippen LogP) is -1.60. The average Bonchev–Trinajstić information content (AvgIpc) is 2.16. The fourth-order valence-electron chi connectivity index (χ4n) is 1.10. The molecule has 0 saturated heterocycles. The van der Waals surface area contributed by atoms with Crippen molar-refractivity contribution in [3.8, 4) is 0 Å². The van der Waals surface area contributed by atoms with Gasteiger partial charge in [-0.05, 0) is 23.1 Å². The Morgan fingerprint density at radius 3 is 2.47 bits per heavy atom. The van der Waals surface area contributed by atoms with Crippen LogP contribution in [0.2, 0.25) is 0 Å². The van der Waals surface area contributed by atoms with Gasteiger partial charge in [0.05, 0.1) is 4.92 Å². The van der Waals surface area contributed by atoms with Gasteiger partial charge in [-0.3, -0.25) is 14.3 Å². The molecule has 1 aromatic carbocycles. The van der Waals surface area contributed by atoms with Crippen molar-refractivity contribution in [1.29, 1.82) is 0 Å². The quantitative estimate of drug-likeness (QED) is 0.274. The zero-order valence-corrected chi connectivity index (χ0v) is 11.2. The van der Waals surface area contributed by atoms with Gasteiger partial charge in [0.15, 0.2) is 0 Å². The van der Waals surface area contributed by atoms with Crippen molar-refractivity contribution in [2.75, 3.05) is 0 Å². The van der Waals surface area contributed by atoms with Gasteiger partial charge in [-0.2, -0.15) is 0 Å². The summed E-state index contributed by atoms with van der Waals surface area (Å²) in [5.41, 5.74) is 0.380. The second-order valence-corrected chi connectivity index (χ2v) is 3.55. The molecule has 0 aromatic heterocycles. The molecule has 1 rings (SSSR count). The van der Waals surface area contributed by atoms with Crippen molar-refractivity contribution in [3.05, 3.63) is 33.9 Å². The molecular weight excluding hydrogens is 229 g/mol. The van der Waals surface area contributed by atoms with Gasteiger partial charge in [-0.1, -0.05) is 13.0 Å². The average molecular weight is 237 g/mol. The normalized spacial score (nSPS) is 11.6. The Morgan fingerprint density at radius 1 is 1.47 bits per heavy atom. The summed E-state index contributed by atoms with van der Waals surface area (Å²) in [4.78, 5) is 9.77. The minimum atomic E-state index is -2.42. The van der Waals surface area contributed by atoms with Gasteiger partial charge < -0.3 is 4.55 Å². The van der Waals surface area contributed by atoms with Crippen molar-refractivity contribution in [3.63, 3.8) is 0 Å². The van der Waals surface area contributed by atoms with E-state index in [1.807, 2.05) is 0 Å². The van der Waals surface area contributed by atoms with E-state index in [0.717, 1.165) is 6.07 Å². The SMILES string of the molecule is CCc1ccc([N+](=O)[O-])cc1S(=O)[O-].[Na+]. The topological polar surface area (TPSA) is 83.3 Å². The standard InChI is InChI=1S/C8H9NO4S.Na/c1-2-6-3-4-7(9(10)11)5-8(6)14(12)13;/h3-5H,2H2,1H3,(H,12,13);/q;+1/p-1. The first-order chi connectivity index (χ1) is 6.56. The van der Waals surface area contributed by atoms with Crippen LogP contribution in [0.5, 0.6) is 0 Å². The van der Waals surface area contributed by atoms with E-state index in [1.165, 1.54) is 12.1 Å². The second kappa shape index (κ2) is 6.34. The van der Waals surface area contributed by atoms with E-state index >= 15 is 0 Å². The molecule has 0 aliphatic carbocycles. The monoisotopic (exact) mass is 237 g/mol. The number of aryl methyl sites for hydroxylation is 1. The summed E-state index contributed by atoms with van der Waals surface area (Å²) in [6.07, 6.45) is 0.529. The molecule has 5 nitrogen and oxygen atoms in total. The van der Waals surface area contributed by atoms with Gasteiger partial charge in [0.25, 0.3) is 5.69 Å². The van der Waals surface area contributed by atoms with E-state index in [0.29, 0.717) is 12.0 Å². The van der Waals surface area contributed by atoms with Crippen LogP contribution in [0, 0.1) is 10.1 Å². The number of rotatable bonds is 3. The maximum atomic E-state index is 10.7. The zero-order valence-electron chi connectivity index (χ0n) is 8.43. The summed E-state index contributed by atoms with van der Waals surface area (Å²) < 4.78 is 21.5. The van der Waals surface area contributed by atoms with Crippen LogP contribution in [-0.2, 0) is 17.5 Å². The van der Waals surface area contributed by atoms with Crippen LogP contribution in [0.3, 0.4) is 0 Å². The number of non-ortho nitro benzene ring substituents is 1. The van der Waals surface area contributed by atoms with E-state index in [4.69, 9.17) is 0 Å². The Kier molecular flexibility index (Phi) is 6.23. The molecule has 0 aliphatic heterocycles. The van der Waals surface area contributed by atoms with E-state index in [1.54, 1.807) is 6.92 Å². The smallest absolute Gasteiger partial charge is 0.768 e. The van der Waals surface area contributed by atoms with Crippen LogP contribution in [0.25, 0.3) is 0 Å². The largest absolute Gasteiger partial charge is 1.00 e. The van der Waals surface area contributed by atoms with Gasteiger partial charge >= 0.3 is 29.6 Å². The van der Waals surface area contributed by atoms with Crippen molar-refractivity contribution in [1.82, 2.24) is 0 Å². The van der Waals surface area contributed by atoms with Gasteiger partial charge in [0.1, 0.15) is 0 Å². The van der Waals surface area contributed by atoms with Crippen LogP contribution < -0.4 is 29.6 Å². The fourth-order valence-corrected chi connectivity index (χ4v) is 1.75. The molecule has 1 atom stereocenters. The second-order valence-electron chi connectivity index (χ2n) is 2.64. The van der Waals surface area contributed by atoms with Crippen LogP contribution >= 0.6 is 0 Å². The maximum Gasteiger partial charge on any atom is 1.00 e. The van der Waals surface area contributed by atoms with Gasteiger partial charge in [0, 0.05) is 17.0 Å². The van der Waals surface area contributed by atoms with Crippen molar-refractivity contribution < 1.29 is 43.2 Å². The molecule has 0 spiro atoms. The minimum absolute atomic E-state index is 0. The van der Waals surface area contributed by atoms with Gasteiger partial charge in [0.2, 0.25) is 0 Å². The molecule has 0 N–H and O–H groups in total. The third-order valence-corrected chi connectivity index (χ3v) is 2.56. The Balaban J connectivity index is 0.00000196. The first kappa shape index (κ1) is 14.7. The minimum Gasteiger partial charge on any atom is -0.768 e. The zero-order chi connectivity index (χ0) is 10.7. The molecule has 0 saturated carbocycles. The van der Waals surface area contributed by atoms with Gasteiger partial charge in [-0.15, -0.1) is 0 Å². The van der Waals surface area contributed by atoms with Crippen molar-refractivity contribution in [2.45, 2.75) is 18.2 Å². The van der Waals surface area contributed by atoms with Crippen LogP contribution in [0.4, 0.5) is 5.69 Å². The molecule has 0 bridgehead atoms. The van der Waals surface area contributed by atoms with Gasteiger partial charge in [-0.25, -0.2) is 0 Å². The van der Waals surface area contributed by atoms with E-state index in [2.05, 4.69) is 0 Å². The maximum absolute atomic E-state index is 10.7. The number of nitro benzene ring substituents is 1. The molecule has 7 heteroatoms. The molecule has 0 amide bonds. The number of nitrogens with zero attached hydrogens (tertiary/aromatic N) is 1. The third kappa shape index (κ3) is 3.66. The first-order valence-corrected chi connectivity index (χ1v) is 5.00. The van der Waals surface area contributed by atoms with Crippen LogP contribution in [0.15, 0.2) is 23.1 Å². The summed E-state index contributed by atoms with van der Waals surface area (Å²) in [5.74, 6) is 0. The molecule has 1 aromatic rings. The molecule has 15 heavy (non-hydrogen) atoms. The van der Waals surface area contributed by atoms with E-state index in [-0.39, 0.29) is 40.1 Å². The number of benzene rings is 1. The molecular formula is C8H8NNaO4S. The van der Waals surface area contributed by atoms with E-state index < -0.39 is 16.0 Å². The Morgan fingerprint density at radius 2 is 2.07 bits per heavy atom. The number of hydrogen-bond acceptors (Lipinski definition) is 4. The van der Waals surface area contributed by atoms with Crippen LogP contribution in [-0.4, -0.2) is 13.7 Å². The fraction of sp³-hybridized carbons (Fsp3) is 0.250. The van der Waals surface area contributed by atoms with Crippen LogP contribution in [0.1, 0.15) is 12.5 Å². The first-order valence-electron chi connectivity index (χ1n) is 3.92. The number of nitro groups is 1. The Bertz CT molecular complexity index is 396. The summed E-state index contributed by atoms with van der Waals surface area (Å²) in [6, 6.07) is 3.83. The molecule has 0 fully saturated rings. The summed E-state index contributed by atoms with van der Waals surface area (Å²) >= 11 is -2.42.